The van der Waals surface area contributed by atoms with Crippen LogP contribution in [0.25, 0.3) is 11.1 Å². The quantitative estimate of drug-likeness (QED) is 0.897. The van der Waals surface area contributed by atoms with E-state index in [0.717, 1.165) is 11.1 Å². The first-order valence-corrected chi connectivity index (χ1v) is 6.79. The summed E-state index contributed by atoms with van der Waals surface area (Å²) < 4.78 is 27.1. The summed E-state index contributed by atoms with van der Waals surface area (Å²) in [6.45, 7) is 1.46. The highest BCUT2D eigenvalue weighted by atomic mass is 19.3. The lowest BCUT2D eigenvalue weighted by atomic mass is 9.99. The Morgan fingerprint density at radius 1 is 1.00 bits per heavy atom. The van der Waals surface area contributed by atoms with Crippen LogP contribution in [0.1, 0.15) is 29.3 Å². The molecule has 0 aliphatic rings. The number of carbonyl (C=O) groups is 1. The second kappa shape index (κ2) is 6.04. The molecule has 4 heteroatoms. The Morgan fingerprint density at radius 3 is 1.90 bits per heavy atom. The molecule has 0 saturated heterocycles. The first-order valence-electron chi connectivity index (χ1n) is 6.79. The predicted molar refractivity (Wildman–Crippen MR) is 79.5 cm³/mol. The van der Waals surface area contributed by atoms with Crippen molar-refractivity contribution in [1.29, 1.82) is 0 Å². The lowest BCUT2D eigenvalue weighted by Crippen LogP contribution is -2.17. The van der Waals surface area contributed by atoms with Crippen LogP contribution in [0.4, 0.5) is 8.78 Å². The summed E-state index contributed by atoms with van der Waals surface area (Å²) in [6, 6.07) is 13.3. The van der Waals surface area contributed by atoms with Gasteiger partial charge in [0, 0.05) is 24.6 Å². The average molecular weight is 289 g/mol. The molecule has 0 saturated carbocycles. The van der Waals surface area contributed by atoms with Crippen molar-refractivity contribution in [1.82, 2.24) is 5.32 Å². The monoisotopic (exact) mass is 289 g/mol. The largest absolute Gasteiger partial charge is 0.355 e. The van der Waals surface area contributed by atoms with E-state index < -0.39 is 5.92 Å². The molecule has 0 spiro atoms. The van der Waals surface area contributed by atoms with Crippen LogP contribution >= 0.6 is 0 Å². The SMILES string of the molecule is CCC(F)(F)c1ccc(-c2ccc(C(=O)NC)cc2)cc1. The molecular formula is C17H17F2NO. The van der Waals surface area contributed by atoms with Crippen LogP contribution < -0.4 is 5.32 Å². The van der Waals surface area contributed by atoms with Gasteiger partial charge in [-0.2, -0.15) is 0 Å². The van der Waals surface area contributed by atoms with Gasteiger partial charge in [-0.1, -0.05) is 43.3 Å². The summed E-state index contributed by atoms with van der Waals surface area (Å²) in [6.07, 6.45) is -0.215. The van der Waals surface area contributed by atoms with Gasteiger partial charge in [0.05, 0.1) is 0 Å². The van der Waals surface area contributed by atoms with Crippen LogP contribution in [0.2, 0.25) is 0 Å². The lowest BCUT2D eigenvalue weighted by Gasteiger charge is -2.14. The van der Waals surface area contributed by atoms with E-state index in [4.69, 9.17) is 0 Å². The summed E-state index contributed by atoms with van der Waals surface area (Å²) in [5.74, 6) is -2.94. The fourth-order valence-corrected chi connectivity index (χ4v) is 2.07. The molecule has 0 aliphatic heterocycles. The van der Waals surface area contributed by atoms with Crippen molar-refractivity contribution < 1.29 is 13.6 Å². The van der Waals surface area contributed by atoms with Crippen molar-refractivity contribution in [3.8, 4) is 11.1 Å². The Balaban J connectivity index is 2.25. The van der Waals surface area contributed by atoms with E-state index in [2.05, 4.69) is 5.32 Å². The maximum Gasteiger partial charge on any atom is 0.273 e. The molecule has 0 unspecified atom stereocenters. The van der Waals surface area contributed by atoms with E-state index in [1.807, 2.05) is 0 Å². The zero-order valence-electron chi connectivity index (χ0n) is 12.0. The molecule has 0 fully saturated rings. The second-order valence-electron chi connectivity index (χ2n) is 4.79. The zero-order valence-corrected chi connectivity index (χ0v) is 12.0. The Morgan fingerprint density at radius 2 is 1.48 bits per heavy atom. The summed E-state index contributed by atoms with van der Waals surface area (Å²) >= 11 is 0. The lowest BCUT2D eigenvalue weighted by molar-refractivity contribution is -0.00827. The molecule has 0 aliphatic carbocycles. The van der Waals surface area contributed by atoms with Gasteiger partial charge in [-0.3, -0.25) is 4.79 Å². The average Bonchev–Trinajstić information content (AvgIpc) is 2.54. The topological polar surface area (TPSA) is 29.1 Å². The number of amides is 1. The number of halogens is 2. The molecular weight excluding hydrogens is 272 g/mol. The normalized spacial score (nSPS) is 11.2. The van der Waals surface area contributed by atoms with Crippen molar-refractivity contribution >= 4 is 5.91 Å². The number of nitrogens with one attached hydrogen (secondary N) is 1. The molecule has 0 radical (unpaired) electrons. The van der Waals surface area contributed by atoms with Crippen LogP contribution in [-0.4, -0.2) is 13.0 Å². The van der Waals surface area contributed by atoms with Crippen LogP contribution in [-0.2, 0) is 5.92 Å². The summed E-state index contributed by atoms with van der Waals surface area (Å²) in [4.78, 5) is 11.5. The van der Waals surface area contributed by atoms with Gasteiger partial charge in [0.2, 0.25) is 0 Å². The summed E-state index contributed by atoms with van der Waals surface area (Å²) in [7, 11) is 1.57. The Kier molecular flexibility index (Phi) is 4.36. The van der Waals surface area contributed by atoms with Gasteiger partial charge in [0.25, 0.3) is 11.8 Å². The third-order valence-corrected chi connectivity index (χ3v) is 3.46. The Labute approximate surface area is 122 Å². The third-order valence-electron chi connectivity index (χ3n) is 3.46. The molecule has 21 heavy (non-hydrogen) atoms. The van der Waals surface area contributed by atoms with Gasteiger partial charge in [0.1, 0.15) is 0 Å². The molecule has 2 aromatic rings. The minimum absolute atomic E-state index is 0.0238. The van der Waals surface area contributed by atoms with Gasteiger partial charge >= 0.3 is 0 Å². The van der Waals surface area contributed by atoms with Crippen LogP contribution in [0.3, 0.4) is 0 Å². The van der Waals surface area contributed by atoms with Crippen molar-refractivity contribution in [3.63, 3.8) is 0 Å². The van der Waals surface area contributed by atoms with Crippen molar-refractivity contribution in [2.24, 2.45) is 0 Å². The number of alkyl halides is 2. The van der Waals surface area contributed by atoms with Crippen molar-refractivity contribution in [2.45, 2.75) is 19.3 Å². The Bertz CT molecular complexity index is 618. The van der Waals surface area contributed by atoms with Crippen molar-refractivity contribution in [2.75, 3.05) is 7.05 Å². The number of benzene rings is 2. The molecule has 1 amide bonds. The van der Waals surface area contributed by atoms with E-state index >= 15 is 0 Å². The molecule has 2 rings (SSSR count). The molecule has 0 atom stereocenters. The molecule has 110 valence electrons. The highest BCUT2D eigenvalue weighted by molar-refractivity contribution is 5.94. The first-order chi connectivity index (χ1) is 9.97. The highest BCUT2D eigenvalue weighted by Gasteiger charge is 2.28. The molecule has 0 aromatic heterocycles. The van der Waals surface area contributed by atoms with E-state index in [-0.39, 0.29) is 17.9 Å². The van der Waals surface area contributed by atoms with Crippen molar-refractivity contribution in [3.05, 3.63) is 59.7 Å². The fraction of sp³-hybridized carbons (Fsp3) is 0.235. The van der Waals surface area contributed by atoms with Gasteiger partial charge in [0.15, 0.2) is 0 Å². The first kappa shape index (κ1) is 15.2. The Hall–Kier alpha value is -2.23. The van der Waals surface area contributed by atoms with Gasteiger partial charge < -0.3 is 5.32 Å². The maximum atomic E-state index is 13.6. The fourth-order valence-electron chi connectivity index (χ4n) is 2.07. The number of hydrogen-bond donors (Lipinski definition) is 1. The molecule has 2 nitrogen and oxygen atoms in total. The second-order valence-corrected chi connectivity index (χ2v) is 4.79. The zero-order chi connectivity index (χ0) is 15.5. The molecule has 2 aromatic carbocycles. The molecule has 0 bridgehead atoms. The summed E-state index contributed by atoms with van der Waals surface area (Å²) in [5.41, 5.74) is 2.31. The maximum absolute atomic E-state index is 13.6. The van der Waals surface area contributed by atoms with E-state index in [9.17, 15) is 13.6 Å². The predicted octanol–water partition coefficient (Wildman–Crippen LogP) is 4.22. The minimum atomic E-state index is -2.79. The van der Waals surface area contributed by atoms with E-state index in [1.165, 1.54) is 19.1 Å². The van der Waals surface area contributed by atoms with Gasteiger partial charge in [-0.05, 0) is 23.3 Å². The molecule has 0 heterocycles. The van der Waals surface area contributed by atoms with Gasteiger partial charge in [-0.25, -0.2) is 8.78 Å². The third kappa shape index (κ3) is 3.27. The minimum Gasteiger partial charge on any atom is -0.355 e. The van der Waals surface area contributed by atoms with Crippen LogP contribution in [0, 0.1) is 0 Å². The standard InChI is InChI=1S/C17H17F2NO/c1-3-17(18,19)15-10-8-13(9-11-15)12-4-6-14(7-5-12)16(21)20-2/h4-11H,3H2,1-2H3,(H,20,21). The molecule has 1 N–H and O–H groups in total. The highest BCUT2D eigenvalue weighted by Crippen LogP contribution is 2.32. The summed E-state index contributed by atoms with van der Waals surface area (Å²) in [5, 5.41) is 2.55. The van der Waals surface area contributed by atoms with E-state index in [0.29, 0.717) is 5.56 Å². The number of rotatable bonds is 4. The number of carbonyl (C=O) groups excluding carboxylic acids is 1. The van der Waals surface area contributed by atoms with E-state index in [1.54, 1.807) is 43.4 Å². The van der Waals surface area contributed by atoms with Crippen LogP contribution in [0.5, 0.6) is 0 Å². The number of hydrogen-bond acceptors (Lipinski definition) is 1. The smallest absolute Gasteiger partial charge is 0.273 e. The van der Waals surface area contributed by atoms with Gasteiger partial charge in [-0.15, -0.1) is 0 Å². The van der Waals surface area contributed by atoms with Crippen LogP contribution in [0.15, 0.2) is 48.5 Å².